The molecular formula is C22H24N4OS. The molecule has 1 amide bonds. The molecule has 0 aliphatic carbocycles. The van der Waals surface area contributed by atoms with Crippen molar-refractivity contribution in [3.8, 4) is 0 Å². The van der Waals surface area contributed by atoms with Crippen LogP contribution in [0.2, 0.25) is 0 Å². The molecular weight excluding hydrogens is 368 g/mol. The topological polar surface area (TPSA) is 57.3 Å². The van der Waals surface area contributed by atoms with Gasteiger partial charge in [0.1, 0.15) is 11.5 Å². The van der Waals surface area contributed by atoms with Crippen LogP contribution in [-0.2, 0) is 6.42 Å². The summed E-state index contributed by atoms with van der Waals surface area (Å²) >= 11 is 1.71. The molecule has 0 saturated carbocycles. The number of hydrogen-bond donors (Lipinski definition) is 2. The van der Waals surface area contributed by atoms with Crippen LogP contribution in [0.15, 0.2) is 66.0 Å². The summed E-state index contributed by atoms with van der Waals surface area (Å²) in [5, 5.41) is 8.60. The Labute approximate surface area is 169 Å². The number of amides is 1. The van der Waals surface area contributed by atoms with Crippen LogP contribution in [-0.4, -0.2) is 37.1 Å². The molecule has 1 aliphatic heterocycles. The smallest absolute Gasteiger partial charge is 0.269 e. The molecule has 1 atom stereocenters. The van der Waals surface area contributed by atoms with Crippen LogP contribution in [0, 0.1) is 0 Å². The van der Waals surface area contributed by atoms with Crippen LogP contribution < -0.4 is 15.5 Å². The molecule has 0 radical (unpaired) electrons. The molecule has 5 nitrogen and oxygen atoms in total. The highest BCUT2D eigenvalue weighted by molar-refractivity contribution is 7.09. The number of thiophene rings is 1. The SMILES string of the molecule is O=C(NCCc1cccs1)c1cccc(N2CCN[C@H](c3ccccc3)C2)n1. The Bertz CT molecular complexity index is 898. The van der Waals surface area contributed by atoms with Gasteiger partial charge in [0.25, 0.3) is 5.91 Å². The van der Waals surface area contributed by atoms with Crippen LogP contribution in [0.1, 0.15) is 27.0 Å². The number of nitrogens with zero attached hydrogens (tertiary/aromatic N) is 2. The molecule has 2 N–H and O–H groups in total. The fourth-order valence-electron chi connectivity index (χ4n) is 3.44. The lowest BCUT2D eigenvalue weighted by molar-refractivity contribution is 0.0949. The first-order valence-electron chi connectivity index (χ1n) is 9.60. The predicted octanol–water partition coefficient (Wildman–Crippen LogP) is 3.27. The lowest BCUT2D eigenvalue weighted by atomic mass is 10.0. The van der Waals surface area contributed by atoms with E-state index in [4.69, 9.17) is 0 Å². The molecule has 3 aromatic rings. The summed E-state index contributed by atoms with van der Waals surface area (Å²) in [5.41, 5.74) is 1.74. The van der Waals surface area contributed by atoms with E-state index in [9.17, 15) is 4.79 Å². The molecule has 2 aromatic heterocycles. The van der Waals surface area contributed by atoms with Gasteiger partial charge < -0.3 is 15.5 Å². The maximum absolute atomic E-state index is 12.5. The van der Waals surface area contributed by atoms with Gasteiger partial charge in [0.05, 0.1) is 0 Å². The molecule has 0 unspecified atom stereocenters. The van der Waals surface area contributed by atoms with Crippen molar-refractivity contribution in [2.75, 3.05) is 31.1 Å². The molecule has 28 heavy (non-hydrogen) atoms. The molecule has 4 rings (SSSR count). The van der Waals surface area contributed by atoms with Crippen molar-refractivity contribution in [2.24, 2.45) is 0 Å². The molecule has 3 heterocycles. The highest BCUT2D eigenvalue weighted by atomic mass is 32.1. The summed E-state index contributed by atoms with van der Waals surface area (Å²) in [5.74, 6) is 0.737. The van der Waals surface area contributed by atoms with Gasteiger partial charge in [-0.25, -0.2) is 4.98 Å². The summed E-state index contributed by atoms with van der Waals surface area (Å²) in [6.45, 7) is 3.22. The van der Waals surface area contributed by atoms with E-state index >= 15 is 0 Å². The number of pyridine rings is 1. The van der Waals surface area contributed by atoms with E-state index in [2.05, 4.69) is 56.2 Å². The van der Waals surface area contributed by atoms with Crippen molar-refractivity contribution in [3.63, 3.8) is 0 Å². The predicted molar refractivity (Wildman–Crippen MR) is 114 cm³/mol. The second kappa shape index (κ2) is 8.99. The third-order valence-corrected chi connectivity index (χ3v) is 5.84. The number of piperazine rings is 1. The lowest BCUT2D eigenvalue weighted by Gasteiger charge is -2.34. The minimum Gasteiger partial charge on any atom is -0.353 e. The van der Waals surface area contributed by atoms with Crippen molar-refractivity contribution in [1.82, 2.24) is 15.6 Å². The summed E-state index contributed by atoms with van der Waals surface area (Å²) in [4.78, 5) is 20.6. The number of carbonyl (C=O) groups excluding carboxylic acids is 1. The average Bonchev–Trinajstić information content (AvgIpc) is 3.28. The summed E-state index contributed by atoms with van der Waals surface area (Å²) in [6, 6.07) is 20.5. The Kier molecular flexibility index (Phi) is 5.99. The van der Waals surface area contributed by atoms with E-state index in [-0.39, 0.29) is 11.9 Å². The monoisotopic (exact) mass is 392 g/mol. The van der Waals surface area contributed by atoms with E-state index in [1.165, 1.54) is 10.4 Å². The Balaban J connectivity index is 1.39. The Morgan fingerprint density at radius 2 is 2.04 bits per heavy atom. The van der Waals surface area contributed by atoms with Gasteiger partial charge in [-0.1, -0.05) is 42.5 Å². The third-order valence-electron chi connectivity index (χ3n) is 4.91. The third kappa shape index (κ3) is 4.58. The molecule has 0 spiro atoms. The highest BCUT2D eigenvalue weighted by Gasteiger charge is 2.22. The number of anilines is 1. The number of rotatable bonds is 6. The van der Waals surface area contributed by atoms with Crippen molar-refractivity contribution >= 4 is 23.1 Å². The van der Waals surface area contributed by atoms with Crippen LogP contribution in [0.25, 0.3) is 0 Å². The number of nitrogens with one attached hydrogen (secondary N) is 2. The first kappa shape index (κ1) is 18.7. The molecule has 6 heteroatoms. The Morgan fingerprint density at radius 1 is 1.14 bits per heavy atom. The summed E-state index contributed by atoms with van der Waals surface area (Å²) < 4.78 is 0. The largest absolute Gasteiger partial charge is 0.353 e. The minimum absolute atomic E-state index is 0.117. The van der Waals surface area contributed by atoms with Crippen LogP contribution >= 0.6 is 11.3 Å². The Morgan fingerprint density at radius 3 is 2.86 bits per heavy atom. The maximum Gasteiger partial charge on any atom is 0.269 e. The minimum atomic E-state index is -0.117. The molecule has 144 valence electrons. The molecule has 1 fully saturated rings. The molecule has 1 aromatic carbocycles. The zero-order valence-electron chi connectivity index (χ0n) is 15.7. The number of benzene rings is 1. The van der Waals surface area contributed by atoms with Gasteiger partial charge in [-0.05, 0) is 35.6 Å². The number of carbonyl (C=O) groups is 1. The lowest BCUT2D eigenvalue weighted by Crippen LogP contribution is -2.46. The number of hydrogen-bond acceptors (Lipinski definition) is 5. The van der Waals surface area contributed by atoms with Crippen molar-refractivity contribution in [3.05, 3.63) is 82.2 Å². The van der Waals surface area contributed by atoms with Gasteiger partial charge in [0.2, 0.25) is 0 Å². The van der Waals surface area contributed by atoms with Gasteiger partial charge in [0.15, 0.2) is 0 Å². The van der Waals surface area contributed by atoms with E-state index in [0.29, 0.717) is 12.2 Å². The van der Waals surface area contributed by atoms with Gasteiger partial charge in [-0.15, -0.1) is 11.3 Å². The van der Waals surface area contributed by atoms with Crippen LogP contribution in [0.5, 0.6) is 0 Å². The Hall–Kier alpha value is -2.70. The summed E-state index contributed by atoms with van der Waals surface area (Å²) in [6.07, 6.45) is 0.847. The quantitative estimate of drug-likeness (QED) is 0.676. The van der Waals surface area contributed by atoms with Crippen molar-refractivity contribution in [2.45, 2.75) is 12.5 Å². The van der Waals surface area contributed by atoms with E-state index in [0.717, 1.165) is 31.9 Å². The van der Waals surface area contributed by atoms with Gasteiger partial charge in [0, 0.05) is 37.1 Å². The van der Waals surface area contributed by atoms with Gasteiger partial charge >= 0.3 is 0 Å². The van der Waals surface area contributed by atoms with E-state index < -0.39 is 0 Å². The number of aromatic nitrogens is 1. The molecule has 0 bridgehead atoms. The first-order valence-corrected chi connectivity index (χ1v) is 10.5. The normalized spacial score (nSPS) is 16.7. The van der Waals surface area contributed by atoms with Crippen LogP contribution in [0.3, 0.4) is 0 Å². The van der Waals surface area contributed by atoms with Crippen LogP contribution in [0.4, 0.5) is 5.82 Å². The van der Waals surface area contributed by atoms with Gasteiger partial charge in [-0.3, -0.25) is 4.79 Å². The standard InChI is InChI=1S/C22H24N4OS/c27-22(24-12-11-18-8-5-15-28-18)19-9-4-10-21(25-19)26-14-13-23-20(16-26)17-6-2-1-3-7-17/h1-10,15,20,23H,11-14,16H2,(H,24,27)/t20-/m0/s1. The summed E-state index contributed by atoms with van der Waals surface area (Å²) in [7, 11) is 0. The van der Waals surface area contributed by atoms with Crippen molar-refractivity contribution in [1.29, 1.82) is 0 Å². The van der Waals surface area contributed by atoms with E-state index in [1.54, 1.807) is 17.4 Å². The fourth-order valence-corrected chi connectivity index (χ4v) is 4.15. The van der Waals surface area contributed by atoms with E-state index in [1.807, 2.05) is 24.3 Å². The fraction of sp³-hybridized carbons (Fsp3) is 0.273. The first-order chi connectivity index (χ1) is 13.8. The molecule has 1 aliphatic rings. The zero-order chi connectivity index (χ0) is 19.2. The van der Waals surface area contributed by atoms with Crippen molar-refractivity contribution < 1.29 is 4.79 Å². The molecule has 1 saturated heterocycles. The average molecular weight is 393 g/mol. The highest BCUT2D eigenvalue weighted by Crippen LogP contribution is 2.21. The van der Waals surface area contributed by atoms with Gasteiger partial charge in [-0.2, -0.15) is 0 Å². The maximum atomic E-state index is 12.5. The zero-order valence-corrected chi connectivity index (χ0v) is 16.5. The second-order valence-electron chi connectivity index (χ2n) is 6.83. The second-order valence-corrected chi connectivity index (χ2v) is 7.86.